The Morgan fingerprint density at radius 2 is 1.58 bits per heavy atom. The minimum absolute atomic E-state index is 0.177. The molecule has 0 unspecified atom stereocenters. The third kappa shape index (κ3) is 2.62. The van der Waals surface area contributed by atoms with Crippen LogP contribution in [-0.2, 0) is 4.75 Å². The van der Waals surface area contributed by atoms with E-state index in [-0.39, 0.29) is 4.75 Å². The van der Waals surface area contributed by atoms with E-state index in [2.05, 4.69) is 79.1 Å². The molecule has 0 spiro atoms. The van der Waals surface area contributed by atoms with Crippen LogP contribution < -0.4 is 0 Å². The van der Waals surface area contributed by atoms with Crippen LogP contribution in [0.5, 0.6) is 0 Å². The molecule has 3 rings (SSSR count). The van der Waals surface area contributed by atoms with Crippen molar-refractivity contribution in [1.82, 2.24) is 0 Å². The molecule has 1 heteroatoms. The summed E-state index contributed by atoms with van der Waals surface area (Å²) >= 11 is 1.94. The van der Waals surface area contributed by atoms with Crippen molar-refractivity contribution in [2.45, 2.75) is 24.0 Å². The fraction of sp³-hybridized carbons (Fsp3) is 0.222. The summed E-state index contributed by atoms with van der Waals surface area (Å²) in [7, 11) is 0. The minimum Gasteiger partial charge on any atom is -0.123 e. The van der Waals surface area contributed by atoms with Gasteiger partial charge in [-0.25, -0.2) is 0 Å². The Kier molecular flexibility index (Phi) is 3.48. The van der Waals surface area contributed by atoms with Crippen molar-refractivity contribution < 1.29 is 0 Å². The van der Waals surface area contributed by atoms with Crippen molar-refractivity contribution in [1.29, 1.82) is 0 Å². The van der Waals surface area contributed by atoms with E-state index >= 15 is 0 Å². The molecule has 0 fully saturated rings. The molecule has 1 aliphatic rings. The van der Waals surface area contributed by atoms with Crippen molar-refractivity contribution in [2.24, 2.45) is 0 Å². The molecule has 0 amide bonds. The molecule has 0 aliphatic carbocycles. The third-order valence-corrected chi connectivity index (χ3v) is 5.08. The number of allylic oxidation sites excluding steroid dienone is 1. The molecule has 0 saturated carbocycles. The molecule has 0 aromatic heterocycles. The molecule has 1 heterocycles. The van der Waals surface area contributed by atoms with Gasteiger partial charge in [0.1, 0.15) is 0 Å². The number of benzene rings is 2. The fourth-order valence-electron chi connectivity index (χ4n) is 2.73. The number of hydrogen-bond donors (Lipinski definition) is 0. The van der Waals surface area contributed by atoms with Gasteiger partial charge >= 0.3 is 0 Å². The Bertz CT molecular complexity index is 559. The molecule has 2 aromatic rings. The molecule has 96 valence electrons. The first-order chi connectivity index (χ1) is 9.28. The second-order valence-corrected chi connectivity index (χ2v) is 6.67. The molecule has 2 atom stereocenters. The molecule has 0 saturated heterocycles. The van der Waals surface area contributed by atoms with E-state index in [9.17, 15) is 0 Å². The van der Waals surface area contributed by atoms with Gasteiger partial charge in [-0.3, -0.25) is 0 Å². The molecule has 0 radical (unpaired) electrons. The average molecular weight is 266 g/mol. The molecular weight excluding hydrogens is 248 g/mol. The highest BCUT2D eigenvalue weighted by molar-refractivity contribution is 8.03. The summed E-state index contributed by atoms with van der Waals surface area (Å²) in [6.45, 7) is 2.35. The molecular formula is C18H18S. The van der Waals surface area contributed by atoms with Crippen LogP contribution in [0.2, 0.25) is 0 Å². The maximum Gasteiger partial charge on any atom is 0.0430 e. The van der Waals surface area contributed by atoms with Gasteiger partial charge in [0.2, 0.25) is 0 Å². The first-order valence-electron chi connectivity index (χ1n) is 6.73. The Morgan fingerprint density at radius 1 is 0.947 bits per heavy atom. The van der Waals surface area contributed by atoms with E-state index in [0.717, 1.165) is 6.42 Å². The van der Waals surface area contributed by atoms with Crippen LogP contribution in [0.15, 0.2) is 72.1 Å². The van der Waals surface area contributed by atoms with Gasteiger partial charge in [0.15, 0.2) is 0 Å². The molecule has 0 bridgehead atoms. The van der Waals surface area contributed by atoms with Crippen LogP contribution in [0.4, 0.5) is 0 Å². The Balaban J connectivity index is 1.90. The van der Waals surface area contributed by atoms with Crippen LogP contribution >= 0.6 is 11.8 Å². The highest BCUT2D eigenvalue weighted by Gasteiger charge is 2.32. The number of hydrogen-bond acceptors (Lipinski definition) is 1. The summed E-state index contributed by atoms with van der Waals surface area (Å²) in [6.07, 6.45) is 3.49. The van der Waals surface area contributed by atoms with Crippen LogP contribution in [-0.4, -0.2) is 0 Å². The van der Waals surface area contributed by atoms with E-state index < -0.39 is 0 Å². The third-order valence-electron chi connectivity index (χ3n) is 3.86. The lowest BCUT2D eigenvalue weighted by Gasteiger charge is -2.35. The van der Waals surface area contributed by atoms with E-state index in [1.54, 1.807) is 0 Å². The van der Waals surface area contributed by atoms with Gasteiger partial charge in [0.25, 0.3) is 0 Å². The standard InChI is InChI=1S/C18H18S/c1-18(17-10-6-3-7-11-17)14-16(12-13-19-18)15-8-4-2-5-9-15/h2-13,16H,14H2,1H3/t16-,18-/m0/s1. The highest BCUT2D eigenvalue weighted by atomic mass is 32.2. The van der Waals surface area contributed by atoms with Gasteiger partial charge < -0.3 is 0 Å². The van der Waals surface area contributed by atoms with Gasteiger partial charge in [-0.2, -0.15) is 0 Å². The number of rotatable bonds is 2. The largest absolute Gasteiger partial charge is 0.123 e. The molecule has 1 aliphatic heterocycles. The lowest BCUT2D eigenvalue weighted by Crippen LogP contribution is -2.22. The second-order valence-electron chi connectivity index (χ2n) is 5.26. The summed E-state index contributed by atoms with van der Waals surface area (Å²) in [5, 5.41) is 2.27. The Labute approximate surface area is 119 Å². The zero-order valence-electron chi connectivity index (χ0n) is 11.1. The first kappa shape index (κ1) is 12.6. The zero-order chi connectivity index (χ0) is 13.1. The van der Waals surface area contributed by atoms with Crippen LogP contribution in [0.1, 0.15) is 30.4 Å². The predicted molar refractivity (Wildman–Crippen MR) is 84.3 cm³/mol. The summed E-state index contributed by atoms with van der Waals surface area (Å²) in [5.41, 5.74) is 2.84. The van der Waals surface area contributed by atoms with Gasteiger partial charge in [0.05, 0.1) is 0 Å². The molecule has 2 aromatic carbocycles. The maximum absolute atomic E-state index is 2.35. The lowest BCUT2D eigenvalue weighted by atomic mass is 9.85. The lowest BCUT2D eigenvalue weighted by molar-refractivity contribution is 0.575. The first-order valence-corrected chi connectivity index (χ1v) is 7.61. The van der Waals surface area contributed by atoms with Crippen LogP contribution in [0.25, 0.3) is 0 Å². The number of thioether (sulfide) groups is 1. The van der Waals surface area contributed by atoms with E-state index in [4.69, 9.17) is 0 Å². The van der Waals surface area contributed by atoms with Gasteiger partial charge in [-0.15, -0.1) is 11.8 Å². The Morgan fingerprint density at radius 3 is 2.26 bits per heavy atom. The minimum atomic E-state index is 0.177. The zero-order valence-corrected chi connectivity index (χ0v) is 11.9. The van der Waals surface area contributed by atoms with Crippen molar-refractivity contribution >= 4 is 11.8 Å². The van der Waals surface area contributed by atoms with Crippen molar-refractivity contribution in [3.05, 3.63) is 83.3 Å². The predicted octanol–water partition coefficient (Wildman–Crippen LogP) is 5.34. The molecule has 0 nitrogen and oxygen atoms in total. The monoisotopic (exact) mass is 266 g/mol. The van der Waals surface area contributed by atoms with E-state index in [0.29, 0.717) is 5.92 Å². The molecule has 19 heavy (non-hydrogen) atoms. The smallest absolute Gasteiger partial charge is 0.0430 e. The second kappa shape index (κ2) is 5.26. The maximum atomic E-state index is 2.35. The summed E-state index contributed by atoms with van der Waals surface area (Å²) in [5.74, 6) is 0.521. The van der Waals surface area contributed by atoms with Gasteiger partial charge in [-0.05, 0) is 29.9 Å². The topological polar surface area (TPSA) is 0 Å². The summed E-state index contributed by atoms with van der Waals surface area (Å²) in [4.78, 5) is 0. The summed E-state index contributed by atoms with van der Waals surface area (Å²) < 4.78 is 0.177. The van der Waals surface area contributed by atoms with E-state index in [1.165, 1.54) is 11.1 Å². The Hall–Kier alpha value is -1.47. The highest BCUT2D eigenvalue weighted by Crippen LogP contribution is 2.48. The van der Waals surface area contributed by atoms with Crippen molar-refractivity contribution in [2.75, 3.05) is 0 Å². The van der Waals surface area contributed by atoms with Gasteiger partial charge in [-0.1, -0.05) is 66.7 Å². The van der Waals surface area contributed by atoms with Crippen LogP contribution in [0, 0.1) is 0 Å². The average Bonchev–Trinajstić information content (AvgIpc) is 2.49. The SMILES string of the molecule is C[C@@]1(c2ccccc2)C[C@@H](c2ccccc2)C=CS1. The van der Waals surface area contributed by atoms with Crippen molar-refractivity contribution in [3.8, 4) is 0 Å². The molecule has 0 N–H and O–H groups in total. The van der Waals surface area contributed by atoms with Gasteiger partial charge in [0, 0.05) is 10.7 Å². The fourth-order valence-corrected chi connectivity index (χ4v) is 3.84. The summed E-state index contributed by atoms with van der Waals surface area (Å²) in [6, 6.07) is 21.7. The normalized spacial score (nSPS) is 26.3. The quantitative estimate of drug-likeness (QED) is 0.707. The van der Waals surface area contributed by atoms with Crippen molar-refractivity contribution in [3.63, 3.8) is 0 Å². The van der Waals surface area contributed by atoms with E-state index in [1.807, 2.05) is 11.8 Å². The van der Waals surface area contributed by atoms with Crippen LogP contribution in [0.3, 0.4) is 0 Å².